The summed E-state index contributed by atoms with van der Waals surface area (Å²) in [5.41, 5.74) is 6.43. The molecule has 0 bridgehead atoms. The molecule has 1 aromatic rings. The minimum atomic E-state index is -0.518. The first kappa shape index (κ1) is 19.2. The molecule has 1 amide bonds. The molecule has 7 heteroatoms. The Morgan fingerprint density at radius 1 is 1.59 bits per heavy atom. The van der Waals surface area contributed by atoms with Crippen molar-refractivity contribution in [3.05, 3.63) is 34.6 Å². The van der Waals surface area contributed by atoms with Gasteiger partial charge in [0, 0.05) is 12.6 Å². The first-order chi connectivity index (χ1) is 9.90. The van der Waals surface area contributed by atoms with Gasteiger partial charge in [0.25, 0.3) is 0 Å². The Balaban J connectivity index is 0.00000242. The number of hydrogen-bond acceptors (Lipinski definition) is 3. The van der Waals surface area contributed by atoms with Crippen LogP contribution in [0.2, 0.25) is 5.02 Å². The Bertz CT molecular complexity index is 528. The summed E-state index contributed by atoms with van der Waals surface area (Å²) >= 11 is 5.74. The number of nitrogens with two attached hydrogens (primary N) is 1. The van der Waals surface area contributed by atoms with Crippen LogP contribution in [0.5, 0.6) is 0 Å². The predicted octanol–water partition coefficient (Wildman–Crippen LogP) is 2.36. The monoisotopic (exact) mass is 349 g/mol. The van der Waals surface area contributed by atoms with Crippen molar-refractivity contribution in [2.24, 2.45) is 11.7 Å². The second-order valence-electron chi connectivity index (χ2n) is 5.68. The molecular weight excluding hydrogens is 328 g/mol. The molecule has 1 aliphatic rings. The van der Waals surface area contributed by atoms with Crippen LogP contribution in [0, 0.1) is 11.7 Å². The summed E-state index contributed by atoms with van der Waals surface area (Å²) in [4.78, 5) is 13.8. The van der Waals surface area contributed by atoms with Gasteiger partial charge in [0.1, 0.15) is 5.82 Å². The molecule has 1 aliphatic heterocycles. The standard InChI is InChI=1S/C15H21ClFN3O.ClH/c1-9(18)15(21)19-8-11-5-6-20(2)14(11)10-3-4-12(16)13(17)7-10;/h3-4,7,9,11,14H,5-6,8,18H2,1-2H3,(H,19,21);1H. The molecule has 1 heterocycles. The number of rotatable bonds is 4. The zero-order chi connectivity index (χ0) is 15.6. The van der Waals surface area contributed by atoms with Gasteiger partial charge in [0.2, 0.25) is 5.91 Å². The molecule has 3 atom stereocenters. The van der Waals surface area contributed by atoms with Gasteiger partial charge in [-0.3, -0.25) is 9.69 Å². The lowest BCUT2D eigenvalue weighted by atomic mass is 9.93. The molecule has 1 aromatic carbocycles. The maximum Gasteiger partial charge on any atom is 0.236 e. The Labute approximate surface area is 141 Å². The van der Waals surface area contributed by atoms with Gasteiger partial charge in [-0.05, 0) is 50.6 Å². The zero-order valence-corrected chi connectivity index (χ0v) is 14.3. The number of carbonyl (C=O) groups is 1. The summed E-state index contributed by atoms with van der Waals surface area (Å²) in [6.45, 7) is 3.11. The molecule has 0 aliphatic carbocycles. The molecule has 0 radical (unpaired) electrons. The van der Waals surface area contributed by atoms with E-state index in [0.29, 0.717) is 6.54 Å². The third-order valence-electron chi connectivity index (χ3n) is 4.01. The number of hydrogen-bond donors (Lipinski definition) is 2. The van der Waals surface area contributed by atoms with Crippen LogP contribution in [0.15, 0.2) is 18.2 Å². The van der Waals surface area contributed by atoms with Crippen LogP contribution in [0.1, 0.15) is 24.9 Å². The van der Waals surface area contributed by atoms with Crippen molar-refractivity contribution in [3.63, 3.8) is 0 Å². The highest BCUT2D eigenvalue weighted by molar-refractivity contribution is 6.30. The van der Waals surface area contributed by atoms with E-state index in [1.165, 1.54) is 6.07 Å². The fourth-order valence-corrected chi connectivity index (χ4v) is 2.97. The van der Waals surface area contributed by atoms with E-state index >= 15 is 0 Å². The Kier molecular flexibility index (Phi) is 7.06. The molecule has 0 saturated carbocycles. The van der Waals surface area contributed by atoms with Crippen LogP contribution < -0.4 is 11.1 Å². The number of nitrogens with one attached hydrogen (secondary N) is 1. The molecule has 2 rings (SSSR count). The van der Waals surface area contributed by atoms with Crippen LogP contribution >= 0.6 is 24.0 Å². The highest BCUT2D eigenvalue weighted by Crippen LogP contribution is 2.36. The highest BCUT2D eigenvalue weighted by Gasteiger charge is 2.33. The van der Waals surface area contributed by atoms with Crippen LogP contribution in [-0.4, -0.2) is 37.0 Å². The second kappa shape index (κ2) is 8.11. The first-order valence-corrected chi connectivity index (χ1v) is 7.46. The topological polar surface area (TPSA) is 58.4 Å². The van der Waals surface area contributed by atoms with Crippen molar-refractivity contribution in [2.75, 3.05) is 20.1 Å². The van der Waals surface area contributed by atoms with E-state index < -0.39 is 11.9 Å². The van der Waals surface area contributed by atoms with Gasteiger partial charge in [0.05, 0.1) is 11.1 Å². The van der Waals surface area contributed by atoms with Gasteiger partial charge in [-0.25, -0.2) is 4.39 Å². The lowest BCUT2D eigenvalue weighted by Gasteiger charge is -2.26. The van der Waals surface area contributed by atoms with E-state index in [1.807, 2.05) is 13.1 Å². The minimum Gasteiger partial charge on any atom is -0.354 e. The van der Waals surface area contributed by atoms with Crippen molar-refractivity contribution in [2.45, 2.75) is 25.4 Å². The molecule has 124 valence electrons. The van der Waals surface area contributed by atoms with Crippen molar-refractivity contribution in [1.29, 1.82) is 0 Å². The van der Waals surface area contributed by atoms with Crippen LogP contribution in [0.4, 0.5) is 4.39 Å². The third-order valence-corrected chi connectivity index (χ3v) is 4.32. The summed E-state index contributed by atoms with van der Waals surface area (Å²) in [5, 5.41) is 2.99. The van der Waals surface area contributed by atoms with Gasteiger partial charge in [0.15, 0.2) is 0 Å². The maximum atomic E-state index is 13.7. The zero-order valence-electron chi connectivity index (χ0n) is 12.7. The number of carbonyl (C=O) groups excluding carboxylic acids is 1. The molecule has 3 N–H and O–H groups in total. The lowest BCUT2D eigenvalue weighted by Crippen LogP contribution is -2.41. The molecule has 22 heavy (non-hydrogen) atoms. The Morgan fingerprint density at radius 3 is 2.86 bits per heavy atom. The number of likely N-dealkylation sites (tertiary alicyclic amines) is 1. The lowest BCUT2D eigenvalue weighted by molar-refractivity contribution is -0.122. The summed E-state index contributed by atoms with van der Waals surface area (Å²) < 4.78 is 13.7. The van der Waals surface area contributed by atoms with Crippen molar-refractivity contribution < 1.29 is 9.18 Å². The third kappa shape index (κ3) is 4.32. The second-order valence-corrected chi connectivity index (χ2v) is 6.09. The van der Waals surface area contributed by atoms with E-state index in [4.69, 9.17) is 17.3 Å². The van der Waals surface area contributed by atoms with Crippen molar-refractivity contribution in [3.8, 4) is 0 Å². The number of amides is 1. The van der Waals surface area contributed by atoms with Gasteiger partial charge in [-0.2, -0.15) is 0 Å². The van der Waals surface area contributed by atoms with Crippen molar-refractivity contribution in [1.82, 2.24) is 10.2 Å². The maximum absolute atomic E-state index is 13.7. The number of benzene rings is 1. The molecule has 1 fully saturated rings. The largest absolute Gasteiger partial charge is 0.354 e. The molecule has 4 nitrogen and oxygen atoms in total. The molecule has 3 unspecified atom stereocenters. The predicted molar refractivity (Wildman–Crippen MR) is 88.8 cm³/mol. The van der Waals surface area contributed by atoms with E-state index in [1.54, 1.807) is 13.0 Å². The van der Waals surface area contributed by atoms with Crippen LogP contribution in [0.25, 0.3) is 0 Å². The van der Waals surface area contributed by atoms with Gasteiger partial charge in [-0.15, -0.1) is 12.4 Å². The summed E-state index contributed by atoms with van der Waals surface area (Å²) in [6.07, 6.45) is 0.949. The molecule has 0 aromatic heterocycles. The van der Waals surface area contributed by atoms with E-state index in [9.17, 15) is 9.18 Å². The SMILES string of the molecule is CC(N)C(=O)NCC1CCN(C)C1c1ccc(Cl)c(F)c1.Cl. The molecule has 0 spiro atoms. The van der Waals surface area contributed by atoms with Crippen molar-refractivity contribution >= 4 is 29.9 Å². The fraction of sp³-hybridized carbons (Fsp3) is 0.533. The number of nitrogens with zero attached hydrogens (tertiary/aromatic N) is 1. The first-order valence-electron chi connectivity index (χ1n) is 7.08. The Morgan fingerprint density at radius 2 is 2.27 bits per heavy atom. The molecule has 1 saturated heterocycles. The highest BCUT2D eigenvalue weighted by atomic mass is 35.5. The van der Waals surface area contributed by atoms with E-state index in [0.717, 1.165) is 18.5 Å². The fourth-order valence-electron chi connectivity index (χ4n) is 2.86. The van der Waals surface area contributed by atoms with Crippen LogP contribution in [-0.2, 0) is 4.79 Å². The minimum absolute atomic E-state index is 0. The van der Waals surface area contributed by atoms with E-state index in [2.05, 4.69) is 10.2 Å². The average Bonchev–Trinajstić information content (AvgIpc) is 2.80. The summed E-state index contributed by atoms with van der Waals surface area (Å²) in [6, 6.07) is 4.46. The van der Waals surface area contributed by atoms with Crippen LogP contribution in [0.3, 0.4) is 0 Å². The van der Waals surface area contributed by atoms with Gasteiger partial charge in [-0.1, -0.05) is 17.7 Å². The average molecular weight is 350 g/mol. The smallest absolute Gasteiger partial charge is 0.236 e. The molecular formula is C15H22Cl2FN3O. The number of halogens is 3. The quantitative estimate of drug-likeness (QED) is 0.877. The summed E-state index contributed by atoms with van der Waals surface area (Å²) in [5.74, 6) is -0.336. The Hall–Kier alpha value is -0.880. The van der Waals surface area contributed by atoms with Gasteiger partial charge < -0.3 is 11.1 Å². The normalized spacial score (nSPS) is 23.0. The van der Waals surface area contributed by atoms with Gasteiger partial charge >= 0.3 is 0 Å². The summed E-state index contributed by atoms with van der Waals surface area (Å²) in [7, 11) is 2.00. The van der Waals surface area contributed by atoms with E-state index in [-0.39, 0.29) is 35.3 Å².